The molecule has 0 heterocycles. The third-order valence-corrected chi connectivity index (χ3v) is 6.50. The fourth-order valence-electron chi connectivity index (χ4n) is 3.88. The van der Waals surface area contributed by atoms with Crippen LogP contribution in [0.25, 0.3) is 0 Å². The summed E-state index contributed by atoms with van der Waals surface area (Å²) in [6.07, 6.45) is 1.53. The fraction of sp³-hybridized carbons (Fsp3) is 0.310. The van der Waals surface area contributed by atoms with Crippen LogP contribution in [-0.4, -0.2) is 28.8 Å². The van der Waals surface area contributed by atoms with Crippen LogP contribution in [0.15, 0.2) is 83.3 Å². The molecule has 3 aromatic carbocycles. The standard InChI is InChI=1S/C29H33BrN2O2/c1-4-22(3)31-29(34)27(18-23-10-6-5-7-11-23)32(20-24-13-15-26(30)16-14-24)28(33)19-25-12-8-9-21(2)17-25/h5-17,22,27H,4,18-20H2,1-3H3,(H,31,34)/t22-,27+/m0/s1. The zero-order valence-corrected chi connectivity index (χ0v) is 21.7. The van der Waals surface area contributed by atoms with Gasteiger partial charge in [0.1, 0.15) is 6.04 Å². The Morgan fingerprint density at radius 2 is 1.59 bits per heavy atom. The molecule has 0 aliphatic rings. The number of aryl methyl sites for hydroxylation is 1. The van der Waals surface area contributed by atoms with Gasteiger partial charge in [0.05, 0.1) is 6.42 Å². The molecule has 0 bridgehead atoms. The van der Waals surface area contributed by atoms with Crippen molar-refractivity contribution >= 4 is 27.7 Å². The SMILES string of the molecule is CC[C@H](C)NC(=O)[C@@H](Cc1ccccc1)N(Cc1ccc(Br)cc1)C(=O)Cc1cccc(C)c1. The van der Waals surface area contributed by atoms with Crippen molar-refractivity contribution in [2.75, 3.05) is 0 Å². The van der Waals surface area contributed by atoms with Crippen molar-refractivity contribution in [2.24, 2.45) is 0 Å². The lowest BCUT2D eigenvalue weighted by molar-refractivity contribution is -0.141. The normalized spacial score (nSPS) is 12.6. The Bertz CT molecular complexity index is 1080. The van der Waals surface area contributed by atoms with Crippen molar-refractivity contribution in [3.63, 3.8) is 0 Å². The molecule has 1 N–H and O–H groups in total. The van der Waals surface area contributed by atoms with Crippen LogP contribution in [0.5, 0.6) is 0 Å². The summed E-state index contributed by atoms with van der Waals surface area (Å²) in [4.78, 5) is 29.0. The molecule has 0 saturated carbocycles. The van der Waals surface area contributed by atoms with Crippen LogP contribution < -0.4 is 5.32 Å². The lowest BCUT2D eigenvalue weighted by Gasteiger charge is -2.32. The van der Waals surface area contributed by atoms with E-state index in [4.69, 9.17) is 0 Å². The smallest absolute Gasteiger partial charge is 0.243 e. The number of nitrogens with one attached hydrogen (secondary N) is 1. The Morgan fingerprint density at radius 1 is 0.912 bits per heavy atom. The van der Waals surface area contributed by atoms with E-state index in [1.165, 1.54) is 0 Å². The van der Waals surface area contributed by atoms with Crippen LogP contribution >= 0.6 is 15.9 Å². The molecule has 178 valence electrons. The molecular weight excluding hydrogens is 488 g/mol. The first-order valence-electron chi connectivity index (χ1n) is 11.8. The van der Waals surface area contributed by atoms with Crippen molar-refractivity contribution in [3.8, 4) is 0 Å². The quantitative estimate of drug-likeness (QED) is 0.364. The predicted octanol–water partition coefficient (Wildman–Crippen LogP) is 5.85. The monoisotopic (exact) mass is 520 g/mol. The topological polar surface area (TPSA) is 49.4 Å². The van der Waals surface area contributed by atoms with Crippen LogP contribution in [0.1, 0.15) is 42.5 Å². The first kappa shape index (κ1) is 25.7. The van der Waals surface area contributed by atoms with Gasteiger partial charge in [-0.1, -0.05) is 95.1 Å². The van der Waals surface area contributed by atoms with E-state index in [2.05, 4.69) is 21.2 Å². The van der Waals surface area contributed by atoms with Crippen molar-refractivity contribution < 1.29 is 9.59 Å². The highest BCUT2D eigenvalue weighted by molar-refractivity contribution is 9.10. The van der Waals surface area contributed by atoms with E-state index >= 15 is 0 Å². The number of rotatable bonds is 10. The summed E-state index contributed by atoms with van der Waals surface area (Å²) in [5.41, 5.74) is 4.07. The second kappa shape index (κ2) is 12.5. The van der Waals surface area contributed by atoms with E-state index in [1.54, 1.807) is 4.90 Å². The second-order valence-corrected chi connectivity index (χ2v) is 9.75. The maximum atomic E-state index is 13.7. The largest absolute Gasteiger partial charge is 0.352 e. The number of hydrogen-bond donors (Lipinski definition) is 1. The molecule has 5 heteroatoms. The lowest BCUT2D eigenvalue weighted by atomic mass is 10.0. The summed E-state index contributed by atoms with van der Waals surface area (Å²) in [6, 6.07) is 25.2. The average molecular weight is 521 g/mol. The zero-order chi connectivity index (χ0) is 24.5. The minimum Gasteiger partial charge on any atom is -0.352 e. The van der Waals surface area contributed by atoms with Gasteiger partial charge in [0.2, 0.25) is 11.8 Å². The highest BCUT2D eigenvalue weighted by Gasteiger charge is 2.31. The number of halogens is 1. The molecule has 3 rings (SSSR count). The Morgan fingerprint density at radius 3 is 2.24 bits per heavy atom. The van der Waals surface area contributed by atoms with Crippen molar-refractivity contribution in [1.29, 1.82) is 0 Å². The molecule has 34 heavy (non-hydrogen) atoms. The lowest BCUT2D eigenvalue weighted by Crippen LogP contribution is -2.52. The van der Waals surface area contributed by atoms with Crippen LogP contribution in [0.4, 0.5) is 0 Å². The first-order valence-corrected chi connectivity index (χ1v) is 12.6. The van der Waals surface area contributed by atoms with Crippen LogP contribution in [0, 0.1) is 6.92 Å². The molecule has 0 aliphatic heterocycles. The van der Waals surface area contributed by atoms with Crippen molar-refractivity contribution in [3.05, 3.63) is 106 Å². The Balaban J connectivity index is 1.96. The third-order valence-electron chi connectivity index (χ3n) is 5.98. The molecule has 0 fully saturated rings. The number of amides is 2. The molecule has 3 aromatic rings. The Labute approximate surface area is 211 Å². The van der Waals surface area contributed by atoms with Gasteiger partial charge in [-0.3, -0.25) is 9.59 Å². The van der Waals surface area contributed by atoms with Crippen LogP contribution in [-0.2, 0) is 29.0 Å². The number of carbonyl (C=O) groups excluding carboxylic acids is 2. The van der Waals surface area contributed by atoms with Gasteiger partial charge in [0.15, 0.2) is 0 Å². The highest BCUT2D eigenvalue weighted by Crippen LogP contribution is 2.19. The summed E-state index contributed by atoms with van der Waals surface area (Å²) in [5, 5.41) is 3.11. The molecule has 2 amide bonds. The van der Waals surface area contributed by atoms with E-state index < -0.39 is 6.04 Å². The van der Waals surface area contributed by atoms with Crippen molar-refractivity contribution in [2.45, 2.75) is 58.7 Å². The molecule has 0 unspecified atom stereocenters. The number of benzene rings is 3. The maximum Gasteiger partial charge on any atom is 0.243 e. The van der Waals surface area contributed by atoms with Gasteiger partial charge in [-0.05, 0) is 49.1 Å². The van der Waals surface area contributed by atoms with Gasteiger partial charge in [-0.15, -0.1) is 0 Å². The second-order valence-electron chi connectivity index (χ2n) is 8.84. The number of nitrogens with zero attached hydrogens (tertiary/aromatic N) is 1. The summed E-state index contributed by atoms with van der Waals surface area (Å²) >= 11 is 3.48. The van der Waals surface area contributed by atoms with Gasteiger partial charge in [-0.2, -0.15) is 0 Å². The number of hydrogen-bond acceptors (Lipinski definition) is 2. The van der Waals surface area contributed by atoms with E-state index in [9.17, 15) is 9.59 Å². The van der Waals surface area contributed by atoms with Gasteiger partial charge in [0.25, 0.3) is 0 Å². The van der Waals surface area contributed by atoms with Crippen LogP contribution in [0.2, 0.25) is 0 Å². The van der Waals surface area contributed by atoms with E-state index in [0.717, 1.165) is 33.1 Å². The summed E-state index contributed by atoms with van der Waals surface area (Å²) in [6.45, 7) is 6.42. The molecule has 4 nitrogen and oxygen atoms in total. The van der Waals surface area contributed by atoms with Gasteiger partial charge in [0, 0.05) is 23.5 Å². The van der Waals surface area contributed by atoms with Crippen molar-refractivity contribution in [1.82, 2.24) is 10.2 Å². The minimum atomic E-state index is -0.614. The third kappa shape index (κ3) is 7.56. The Kier molecular flexibility index (Phi) is 9.46. The fourth-order valence-corrected chi connectivity index (χ4v) is 4.14. The van der Waals surface area contributed by atoms with Gasteiger partial charge >= 0.3 is 0 Å². The molecule has 0 aromatic heterocycles. The minimum absolute atomic E-state index is 0.0344. The highest BCUT2D eigenvalue weighted by atomic mass is 79.9. The van der Waals surface area contributed by atoms with Crippen LogP contribution in [0.3, 0.4) is 0 Å². The zero-order valence-electron chi connectivity index (χ0n) is 20.1. The first-order chi connectivity index (χ1) is 16.4. The molecule has 0 aliphatic carbocycles. The molecular formula is C29H33BrN2O2. The average Bonchev–Trinajstić information content (AvgIpc) is 2.83. The molecule has 0 spiro atoms. The van der Waals surface area contributed by atoms with E-state index in [0.29, 0.717) is 13.0 Å². The summed E-state index contributed by atoms with van der Waals surface area (Å²) < 4.78 is 0.976. The van der Waals surface area contributed by atoms with E-state index in [1.807, 2.05) is 99.6 Å². The molecule has 0 saturated heterocycles. The summed E-state index contributed by atoms with van der Waals surface area (Å²) in [7, 11) is 0. The van der Waals surface area contributed by atoms with E-state index in [-0.39, 0.29) is 24.3 Å². The Hall–Kier alpha value is -2.92. The molecule has 2 atom stereocenters. The van der Waals surface area contributed by atoms with Gasteiger partial charge < -0.3 is 10.2 Å². The van der Waals surface area contributed by atoms with Gasteiger partial charge in [-0.25, -0.2) is 0 Å². The number of carbonyl (C=O) groups is 2. The molecule has 0 radical (unpaired) electrons. The predicted molar refractivity (Wildman–Crippen MR) is 141 cm³/mol. The summed E-state index contributed by atoms with van der Waals surface area (Å²) in [5.74, 6) is -0.179. The maximum absolute atomic E-state index is 13.7.